The van der Waals surface area contributed by atoms with Gasteiger partial charge in [0.05, 0.1) is 0 Å². The van der Waals surface area contributed by atoms with Crippen molar-refractivity contribution in [2.45, 2.75) is 50.1 Å². The second kappa shape index (κ2) is 7.91. The van der Waals surface area contributed by atoms with Crippen molar-refractivity contribution in [2.24, 2.45) is 5.73 Å². The minimum atomic E-state index is 0.291. The fourth-order valence-electron chi connectivity index (χ4n) is 3.10. The van der Waals surface area contributed by atoms with E-state index < -0.39 is 0 Å². The summed E-state index contributed by atoms with van der Waals surface area (Å²) in [6.45, 7) is 4.18. The van der Waals surface area contributed by atoms with Crippen LogP contribution in [0.15, 0.2) is 23.1 Å². The van der Waals surface area contributed by atoms with Gasteiger partial charge in [-0.3, -0.25) is 0 Å². The van der Waals surface area contributed by atoms with Gasteiger partial charge in [-0.05, 0) is 43.6 Å². The van der Waals surface area contributed by atoms with E-state index in [0.717, 1.165) is 25.1 Å². The van der Waals surface area contributed by atoms with Crippen LogP contribution in [0.2, 0.25) is 0 Å². The Kier molecular flexibility index (Phi) is 6.20. The number of nitrogens with two attached hydrogens (primary N) is 1. The van der Waals surface area contributed by atoms with Crippen LogP contribution >= 0.6 is 11.8 Å². The van der Waals surface area contributed by atoms with Crippen LogP contribution in [0.25, 0.3) is 0 Å². The maximum Gasteiger partial charge on any atom is 0.0431 e. The van der Waals surface area contributed by atoms with Crippen molar-refractivity contribution >= 4 is 17.4 Å². The second-order valence-corrected chi connectivity index (χ2v) is 6.55. The van der Waals surface area contributed by atoms with Gasteiger partial charge in [0.25, 0.3) is 0 Å². The van der Waals surface area contributed by atoms with Crippen LogP contribution in [-0.2, 0) is 6.54 Å². The molecule has 1 unspecified atom stereocenters. The number of anilines is 1. The summed E-state index contributed by atoms with van der Waals surface area (Å²) >= 11 is 1.87. The number of hydrogen-bond acceptors (Lipinski definition) is 4. The molecule has 0 amide bonds. The van der Waals surface area contributed by atoms with Crippen LogP contribution in [0.3, 0.4) is 0 Å². The highest BCUT2D eigenvalue weighted by molar-refractivity contribution is 7.99. The van der Waals surface area contributed by atoms with Crippen LogP contribution in [0, 0.1) is 0 Å². The smallest absolute Gasteiger partial charge is 0.0431 e. The van der Waals surface area contributed by atoms with Gasteiger partial charge in [0.1, 0.15) is 0 Å². The average molecular weight is 294 g/mol. The molecule has 0 bridgehead atoms. The van der Waals surface area contributed by atoms with Crippen molar-refractivity contribution in [3.8, 4) is 0 Å². The second-order valence-electron chi connectivity index (χ2n) is 5.25. The zero-order valence-corrected chi connectivity index (χ0v) is 13.2. The number of thioether (sulfide) groups is 1. The molecule has 20 heavy (non-hydrogen) atoms. The number of aliphatic hydroxyl groups excluding tert-OH is 1. The summed E-state index contributed by atoms with van der Waals surface area (Å²) in [5.74, 6) is 1.07. The van der Waals surface area contributed by atoms with Crippen molar-refractivity contribution < 1.29 is 5.11 Å². The van der Waals surface area contributed by atoms with Crippen molar-refractivity contribution in [2.75, 3.05) is 23.8 Å². The Labute approximate surface area is 126 Å². The van der Waals surface area contributed by atoms with Gasteiger partial charge in [-0.2, -0.15) is 0 Å². The van der Waals surface area contributed by atoms with Crippen molar-refractivity contribution in [1.29, 1.82) is 0 Å². The third kappa shape index (κ3) is 3.48. The molecule has 1 atom stereocenters. The number of nitrogens with zero attached hydrogens (tertiary/aromatic N) is 1. The lowest BCUT2D eigenvalue weighted by atomic mass is 10.1. The Hall–Kier alpha value is -0.710. The van der Waals surface area contributed by atoms with E-state index in [1.54, 1.807) is 0 Å². The molecule has 3 nitrogen and oxygen atoms in total. The topological polar surface area (TPSA) is 49.5 Å². The molecule has 1 saturated heterocycles. The van der Waals surface area contributed by atoms with Gasteiger partial charge in [0.2, 0.25) is 0 Å². The molecule has 0 spiro atoms. The van der Waals surface area contributed by atoms with E-state index in [4.69, 9.17) is 10.8 Å². The molecule has 2 rings (SSSR count). The minimum Gasteiger partial charge on any atom is -0.396 e. The molecule has 4 heteroatoms. The predicted molar refractivity (Wildman–Crippen MR) is 87.4 cm³/mol. The molecule has 0 saturated carbocycles. The molecule has 1 fully saturated rings. The summed E-state index contributed by atoms with van der Waals surface area (Å²) in [5.41, 5.74) is 8.61. The molecular formula is C16H26N2OS. The Morgan fingerprint density at radius 2 is 2.30 bits per heavy atom. The standard InChI is InChI=1S/C16H26N2OS/c1-2-20-16-9-3-8-15(14(16)12-17)18-10-4-6-13(18)7-5-11-19/h3,8-9,13,19H,2,4-7,10-12,17H2,1H3. The summed E-state index contributed by atoms with van der Waals surface area (Å²) < 4.78 is 0. The highest BCUT2D eigenvalue weighted by Gasteiger charge is 2.26. The highest BCUT2D eigenvalue weighted by atomic mass is 32.2. The number of hydrogen-bond donors (Lipinski definition) is 2. The molecule has 0 aliphatic carbocycles. The normalized spacial score (nSPS) is 18.8. The zero-order valence-electron chi connectivity index (χ0n) is 12.3. The summed E-state index contributed by atoms with van der Waals surface area (Å²) in [6, 6.07) is 7.10. The summed E-state index contributed by atoms with van der Waals surface area (Å²) in [4.78, 5) is 3.83. The molecule has 1 aromatic carbocycles. The van der Waals surface area contributed by atoms with Gasteiger partial charge in [0.15, 0.2) is 0 Å². The Balaban J connectivity index is 2.24. The maximum absolute atomic E-state index is 9.06. The molecule has 1 aliphatic heterocycles. The molecule has 0 radical (unpaired) electrons. The van der Waals surface area contributed by atoms with Gasteiger partial charge in [-0.25, -0.2) is 0 Å². The molecule has 1 aromatic rings. The Morgan fingerprint density at radius 1 is 1.45 bits per heavy atom. The third-order valence-electron chi connectivity index (χ3n) is 3.99. The van der Waals surface area contributed by atoms with E-state index in [1.165, 1.54) is 29.0 Å². The third-order valence-corrected chi connectivity index (χ3v) is 4.98. The highest BCUT2D eigenvalue weighted by Crippen LogP contribution is 2.35. The first-order valence-corrected chi connectivity index (χ1v) is 8.62. The fraction of sp³-hybridized carbons (Fsp3) is 0.625. The first kappa shape index (κ1) is 15.7. The first-order valence-electron chi connectivity index (χ1n) is 7.64. The van der Waals surface area contributed by atoms with Crippen LogP contribution in [0.5, 0.6) is 0 Å². The first-order chi connectivity index (χ1) is 9.81. The summed E-state index contributed by atoms with van der Waals surface area (Å²) in [5, 5.41) is 9.06. The SMILES string of the molecule is CCSc1cccc(N2CCCC2CCCO)c1CN. The van der Waals surface area contributed by atoms with E-state index >= 15 is 0 Å². The monoisotopic (exact) mass is 294 g/mol. The van der Waals surface area contributed by atoms with E-state index in [-0.39, 0.29) is 0 Å². The van der Waals surface area contributed by atoms with Crippen LogP contribution in [0.4, 0.5) is 5.69 Å². The van der Waals surface area contributed by atoms with Gasteiger partial charge >= 0.3 is 0 Å². The van der Waals surface area contributed by atoms with E-state index in [0.29, 0.717) is 19.2 Å². The largest absolute Gasteiger partial charge is 0.396 e. The quantitative estimate of drug-likeness (QED) is 0.759. The average Bonchev–Trinajstić information content (AvgIpc) is 2.93. The van der Waals surface area contributed by atoms with Crippen molar-refractivity contribution in [3.05, 3.63) is 23.8 Å². The van der Waals surface area contributed by atoms with Crippen LogP contribution < -0.4 is 10.6 Å². The number of benzene rings is 1. The van der Waals surface area contributed by atoms with Crippen LogP contribution in [0.1, 0.15) is 38.2 Å². The Morgan fingerprint density at radius 3 is 3.00 bits per heavy atom. The molecule has 1 heterocycles. The fourth-order valence-corrected chi connectivity index (χ4v) is 3.95. The maximum atomic E-state index is 9.06. The molecular weight excluding hydrogens is 268 g/mol. The summed E-state index contributed by atoms with van der Waals surface area (Å²) in [6.07, 6.45) is 4.44. The van der Waals surface area contributed by atoms with Gasteiger partial charge in [-0.15, -0.1) is 11.8 Å². The lowest BCUT2D eigenvalue weighted by molar-refractivity contribution is 0.279. The molecule has 0 aromatic heterocycles. The zero-order chi connectivity index (χ0) is 14.4. The predicted octanol–water partition coefficient (Wildman–Crippen LogP) is 3.00. The van der Waals surface area contributed by atoms with E-state index in [9.17, 15) is 0 Å². The molecule has 1 aliphatic rings. The number of rotatable bonds is 7. The van der Waals surface area contributed by atoms with Crippen molar-refractivity contribution in [1.82, 2.24) is 0 Å². The van der Waals surface area contributed by atoms with Gasteiger partial charge < -0.3 is 15.7 Å². The van der Waals surface area contributed by atoms with Gasteiger partial charge in [-0.1, -0.05) is 13.0 Å². The van der Waals surface area contributed by atoms with Gasteiger partial charge in [0, 0.05) is 41.9 Å². The van der Waals surface area contributed by atoms with Crippen LogP contribution in [-0.4, -0.2) is 30.1 Å². The van der Waals surface area contributed by atoms with E-state index in [2.05, 4.69) is 30.0 Å². The van der Waals surface area contributed by atoms with Crippen molar-refractivity contribution in [3.63, 3.8) is 0 Å². The lowest BCUT2D eigenvalue weighted by Gasteiger charge is -2.29. The molecule has 3 N–H and O–H groups in total. The van der Waals surface area contributed by atoms with E-state index in [1.807, 2.05) is 11.8 Å². The Bertz CT molecular complexity index is 425. The minimum absolute atomic E-state index is 0.291. The summed E-state index contributed by atoms with van der Waals surface area (Å²) in [7, 11) is 0. The molecule has 112 valence electrons. The number of aliphatic hydroxyl groups is 1. The lowest BCUT2D eigenvalue weighted by Crippen LogP contribution is -2.30.